The Morgan fingerprint density at radius 2 is 2.11 bits per heavy atom. The Morgan fingerprint density at radius 1 is 1.44 bits per heavy atom. The van der Waals surface area contributed by atoms with Crippen molar-refractivity contribution in [2.24, 2.45) is 5.14 Å². The normalized spacial score (nSPS) is 11.3. The number of aromatic nitrogens is 1. The van der Waals surface area contributed by atoms with Crippen LogP contribution in [0.25, 0.3) is 0 Å². The summed E-state index contributed by atoms with van der Waals surface area (Å²) < 4.78 is 21.5. The molecule has 1 aromatic heterocycles. The molecule has 0 aromatic carbocycles. The zero-order chi connectivity index (χ0) is 13.8. The van der Waals surface area contributed by atoms with E-state index in [2.05, 4.69) is 4.98 Å². The van der Waals surface area contributed by atoms with Gasteiger partial charge in [-0.05, 0) is 12.1 Å². The van der Waals surface area contributed by atoms with E-state index in [-0.39, 0.29) is 11.7 Å². The molecule has 6 nitrogen and oxygen atoms in total. The van der Waals surface area contributed by atoms with Crippen LogP contribution in [-0.2, 0) is 10.0 Å². The second kappa shape index (κ2) is 6.17. The first-order valence-electron chi connectivity index (χ1n) is 5.10. The Labute approximate surface area is 111 Å². The predicted molar refractivity (Wildman–Crippen MR) is 71.0 cm³/mol. The van der Waals surface area contributed by atoms with Gasteiger partial charge in [0.15, 0.2) is 0 Å². The quantitative estimate of drug-likeness (QED) is 0.780. The molecule has 0 spiro atoms. The fraction of sp³-hybridized carbons (Fsp3) is 0.400. The maximum atomic E-state index is 11.6. The summed E-state index contributed by atoms with van der Waals surface area (Å²) in [6, 6.07) is 3.35. The first-order chi connectivity index (χ1) is 8.29. The largest absolute Gasteiger partial charge is 0.345 e. The van der Waals surface area contributed by atoms with E-state index in [1.165, 1.54) is 22.9 Å². The molecule has 0 radical (unpaired) electrons. The Bertz CT molecular complexity index is 512. The van der Waals surface area contributed by atoms with Crippen molar-refractivity contribution in [1.29, 1.82) is 0 Å². The Morgan fingerprint density at radius 3 is 2.56 bits per heavy atom. The molecule has 0 unspecified atom stereocenters. The number of carbonyl (C=O) groups excluding carboxylic acids is 1. The van der Waals surface area contributed by atoms with Crippen molar-refractivity contribution in [3.63, 3.8) is 0 Å². The lowest BCUT2D eigenvalue weighted by atomic mass is 10.2. The molecule has 2 N–H and O–H groups in total. The van der Waals surface area contributed by atoms with Crippen molar-refractivity contribution in [1.82, 2.24) is 9.88 Å². The predicted octanol–water partition coefficient (Wildman–Crippen LogP) is 0.164. The first kappa shape index (κ1) is 14.9. The molecule has 18 heavy (non-hydrogen) atoms. The first-order valence-corrected chi connectivity index (χ1v) is 7.80. The second-order valence-corrected chi connectivity index (χ2v) is 6.65. The molecule has 8 heteroatoms. The van der Waals surface area contributed by atoms with Gasteiger partial charge in [0.2, 0.25) is 10.0 Å². The minimum Gasteiger partial charge on any atom is -0.345 e. The summed E-state index contributed by atoms with van der Waals surface area (Å²) in [5, 5.41) is 5.55. The molecule has 1 rings (SSSR count). The SMILES string of the molecule is CN(C)C(=O)c1ccc(SCCS(N)(=O)=O)nc1. The lowest BCUT2D eigenvalue weighted by Gasteiger charge is -2.09. The third-order valence-corrected chi connectivity index (χ3v) is 3.98. The number of hydrogen-bond acceptors (Lipinski definition) is 5. The van der Waals surface area contributed by atoms with Crippen LogP contribution >= 0.6 is 11.8 Å². The van der Waals surface area contributed by atoms with Crippen LogP contribution in [0.2, 0.25) is 0 Å². The minimum atomic E-state index is -3.44. The topological polar surface area (TPSA) is 93.4 Å². The Hall–Kier alpha value is -1.12. The van der Waals surface area contributed by atoms with E-state index in [1.54, 1.807) is 26.2 Å². The van der Waals surface area contributed by atoms with Gasteiger partial charge in [0.25, 0.3) is 5.91 Å². The maximum Gasteiger partial charge on any atom is 0.254 e. The second-order valence-electron chi connectivity index (χ2n) is 3.80. The molecule has 0 fully saturated rings. The average molecular weight is 289 g/mol. The van der Waals surface area contributed by atoms with Gasteiger partial charge in [-0.1, -0.05) is 0 Å². The number of pyridine rings is 1. The Kier molecular flexibility index (Phi) is 5.12. The highest BCUT2D eigenvalue weighted by Gasteiger charge is 2.08. The van der Waals surface area contributed by atoms with E-state index in [9.17, 15) is 13.2 Å². The van der Waals surface area contributed by atoms with Gasteiger partial charge in [-0.2, -0.15) is 0 Å². The molecule has 0 aliphatic carbocycles. The van der Waals surface area contributed by atoms with E-state index in [1.807, 2.05) is 0 Å². The zero-order valence-electron chi connectivity index (χ0n) is 10.2. The van der Waals surface area contributed by atoms with Crippen LogP contribution in [0.3, 0.4) is 0 Å². The number of nitrogens with two attached hydrogens (primary N) is 1. The monoisotopic (exact) mass is 289 g/mol. The van der Waals surface area contributed by atoms with Gasteiger partial charge < -0.3 is 4.90 Å². The number of nitrogens with zero attached hydrogens (tertiary/aromatic N) is 2. The number of primary sulfonamides is 1. The van der Waals surface area contributed by atoms with Crippen molar-refractivity contribution in [2.45, 2.75) is 5.03 Å². The summed E-state index contributed by atoms with van der Waals surface area (Å²) in [7, 11) is -0.109. The standard InChI is InChI=1S/C10H15N3O3S2/c1-13(2)10(14)8-3-4-9(12-7-8)17-5-6-18(11,15)16/h3-4,7H,5-6H2,1-2H3,(H2,11,15,16). The summed E-state index contributed by atoms with van der Waals surface area (Å²) in [6.07, 6.45) is 1.47. The molecule has 0 aliphatic heterocycles. The number of carbonyl (C=O) groups is 1. The number of amides is 1. The molecule has 1 amide bonds. The number of sulfonamides is 1. The van der Waals surface area contributed by atoms with Gasteiger partial charge in [0, 0.05) is 26.0 Å². The van der Waals surface area contributed by atoms with E-state index < -0.39 is 10.0 Å². The van der Waals surface area contributed by atoms with Gasteiger partial charge in [-0.3, -0.25) is 4.79 Å². The van der Waals surface area contributed by atoms with E-state index in [0.29, 0.717) is 16.3 Å². The molecule has 1 aromatic rings. The van der Waals surface area contributed by atoms with Gasteiger partial charge in [0.05, 0.1) is 16.3 Å². The van der Waals surface area contributed by atoms with E-state index >= 15 is 0 Å². The average Bonchev–Trinajstić information content (AvgIpc) is 2.27. The van der Waals surface area contributed by atoms with Crippen molar-refractivity contribution in [2.75, 3.05) is 25.6 Å². The number of hydrogen-bond donors (Lipinski definition) is 1. The van der Waals surface area contributed by atoms with Crippen LogP contribution in [0.1, 0.15) is 10.4 Å². The van der Waals surface area contributed by atoms with Crippen molar-refractivity contribution >= 4 is 27.7 Å². The number of thioether (sulfide) groups is 1. The molecular weight excluding hydrogens is 274 g/mol. The molecule has 0 atom stereocenters. The van der Waals surface area contributed by atoms with Gasteiger partial charge in [0.1, 0.15) is 0 Å². The maximum absolute atomic E-state index is 11.6. The highest BCUT2D eigenvalue weighted by Crippen LogP contribution is 2.15. The van der Waals surface area contributed by atoms with Crippen LogP contribution in [0.4, 0.5) is 0 Å². The highest BCUT2D eigenvalue weighted by molar-refractivity contribution is 8.00. The van der Waals surface area contributed by atoms with E-state index in [4.69, 9.17) is 5.14 Å². The fourth-order valence-corrected chi connectivity index (χ4v) is 2.88. The number of rotatable bonds is 5. The highest BCUT2D eigenvalue weighted by atomic mass is 32.2. The fourth-order valence-electron chi connectivity index (χ4n) is 1.11. The summed E-state index contributed by atoms with van der Waals surface area (Å²) in [5.41, 5.74) is 0.496. The molecule has 100 valence electrons. The van der Waals surface area contributed by atoms with Gasteiger partial charge in [-0.25, -0.2) is 18.5 Å². The van der Waals surface area contributed by atoms with Crippen LogP contribution in [0, 0.1) is 0 Å². The Balaban J connectivity index is 2.58. The third kappa shape index (κ3) is 5.03. The lowest BCUT2D eigenvalue weighted by molar-refractivity contribution is 0.0827. The van der Waals surface area contributed by atoms with Crippen molar-refractivity contribution in [3.05, 3.63) is 23.9 Å². The molecule has 0 saturated heterocycles. The van der Waals surface area contributed by atoms with E-state index in [0.717, 1.165) is 0 Å². The summed E-state index contributed by atoms with van der Waals surface area (Å²) in [5.74, 6) is 0.119. The van der Waals surface area contributed by atoms with Crippen LogP contribution in [0.5, 0.6) is 0 Å². The van der Waals surface area contributed by atoms with Gasteiger partial charge >= 0.3 is 0 Å². The summed E-state index contributed by atoms with van der Waals surface area (Å²) in [6.45, 7) is 0. The van der Waals surface area contributed by atoms with Gasteiger partial charge in [-0.15, -0.1) is 11.8 Å². The van der Waals surface area contributed by atoms with Crippen molar-refractivity contribution in [3.8, 4) is 0 Å². The van der Waals surface area contributed by atoms with Crippen LogP contribution in [0.15, 0.2) is 23.4 Å². The molecule has 0 saturated carbocycles. The smallest absolute Gasteiger partial charge is 0.254 e. The molecule has 0 aliphatic rings. The molecular formula is C10H15N3O3S2. The molecule has 0 bridgehead atoms. The van der Waals surface area contributed by atoms with Crippen molar-refractivity contribution < 1.29 is 13.2 Å². The zero-order valence-corrected chi connectivity index (χ0v) is 11.8. The lowest BCUT2D eigenvalue weighted by Crippen LogP contribution is -2.21. The van der Waals surface area contributed by atoms with Crippen LogP contribution < -0.4 is 5.14 Å². The minimum absolute atomic E-state index is 0.0995. The third-order valence-electron chi connectivity index (χ3n) is 2.01. The molecule has 1 heterocycles. The summed E-state index contributed by atoms with van der Waals surface area (Å²) >= 11 is 1.28. The van der Waals surface area contributed by atoms with Crippen LogP contribution in [-0.4, -0.2) is 49.8 Å². The summed E-state index contributed by atoms with van der Waals surface area (Å²) in [4.78, 5) is 17.1.